The van der Waals surface area contributed by atoms with Gasteiger partial charge in [0.05, 0.1) is 0 Å². The molecule has 0 radical (unpaired) electrons. The first-order valence-corrected chi connectivity index (χ1v) is 7.54. The molecule has 1 aliphatic rings. The topological polar surface area (TPSA) is 6.48 Å². The summed E-state index contributed by atoms with van der Waals surface area (Å²) in [5.74, 6) is 0. The lowest BCUT2D eigenvalue weighted by Crippen LogP contribution is -2.42. The predicted octanol–water partition coefficient (Wildman–Crippen LogP) is 3.86. The number of piperidine rings is 1. The molecular formula is C15H36N2. The number of nitrogens with zero attached hydrogens (tertiary/aromatic N) is 2. The fourth-order valence-electron chi connectivity index (χ4n) is 1.97. The van der Waals surface area contributed by atoms with Gasteiger partial charge in [0.25, 0.3) is 0 Å². The van der Waals surface area contributed by atoms with Crippen LogP contribution in [0.15, 0.2) is 0 Å². The molecule has 2 heteroatoms. The van der Waals surface area contributed by atoms with Crippen molar-refractivity contribution in [2.24, 2.45) is 0 Å². The Morgan fingerprint density at radius 3 is 1.82 bits per heavy atom. The van der Waals surface area contributed by atoms with Gasteiger partial charge in [-0.15, -0.1) is 0 Å². The summed E-state index contributed by atoms with van der Waals surface area (Å²) in [7, 11) is 4.48. The maximum atomic E-state index is 2.52. The molecule has 17 heavy (non-hydrogen) atoms. The van der Waals surface area contributed by atoms with Gasteiger partial charge in [-0.2, -0.15) is 0 Å². The molecule has 1 saturated heterocycles. The molecule has 0 atom stereocenters. The van der Waals surface area contributed by atoms with Crippen LogP contribution in [0.25, 0.3) is 0 Å². The average Bonchev–Trinajstić information content (AvgIpc) is 2.34. The quantitative estimate of drug-likeness (QED) is 0.744. The molecule has 1 rings (SSSR count). The van der Waals surface area contributed by atoms with E-state index in [2.05, 4.69) is 44.7 Å². The highest BCUT2D eigenvalue weighted by atomic mass is 15.2. The van der Waals surface area contributed by atoms with Gasteiger partial charge in [-0.3, -0.25) is 0 Å². The first-order valence-electron chi connectivity index (χ1n) is 7.54. The van der Waals surface area contributed by atoms with Crippen molar-refractivity contribution in [1.82, 2.24) is 9.80 Å². The number of hydrogen-bond donors (Lipinski definition) is 0. The normalized spacial score (nSPS) is 16.9. The van der Waals surface area contributed by atoms with Crippen LogP contribution in [0.5, 0.6) is 0 Å². The Labute approximate surface area is 110 Å². The van der Waals surface area contributed by atoms with Crippen molar-refractivity contribution in [3.8, 4) is 0 Å². The molecule has 2 nitrogen and oxygen atoms in total. The van der Waals surface area contributed by atoms with Gasteiger partial charge >= 0.3 is 0 Å². The highest BCUT2D eigenvalue weighted by Gasteiger charge is 2.19. The molecule has 0 aromatic carbocycles. The van der Waals surface area contributed by atoms with E-state index >= 15 is 0 Å². The van der Waals surface area contributed by atoms with Crippen molar-refractivity contribution in [2.45, 2.75) is 66.3 Å². The second kappa shape index (κ2) is 14.0. The Morgan fingerprint density at radius 2 is 1.47 bits per heavy atom. The highest BCUT2D eigenvalue weighted by molar-refractivity contribution is 4.76. The molecule has 0 spiro atoms. The summed E-state index contributed by atoms with van der Waals surface area (Å²) in [5.41, 5.74) is 0. The third kappa shape index (κ3) is 10.8. The van der Waals surface area contributed by atoms with Crippen molar-refractivity contribution in [2.75, 3.05) is 33.7 Å². The van der Waals surface area contributed by atoms with Gasteiger partial charge in [-0.05, 0) is 53.0 Å². The highest BCUT2D eigenvalue weighted by Crippen LogP contribution is 2.13. The van der Waals surface area contributed by atoms with Crippen molar-refractivity contribution in [1.29, 1.82) is 0 Å². The third-order valence-corrected chi connectivity index (χ3v) is 2.89. The molecule has 0 unspecified atom stereocenters. The van der Waals surface area contributed by atoms with Gasteiger partial charge in [-0.25, -0.2) is 0 Å². The first kappa shape index (κ1) is 19.3. The second-order valence-electron chi connectivity index (χ2n) is 4.72. The predicted molar refractivity (Wildman–Crippen MR) is 80.8 cm³/mol. The van der Waals surface area contributed by atoms with Gasteiger partial charge in [-0.1, -0.05) is 41.0 Å². The minimum atomic E-state index is 0.848. The minimum Gasteiger partial charge on any atom is -0.306 e. The molecule has 0 aromatic heterocycles. The van der Waals surface area contributed by atoms with E-state index in [-0.39, 0.29) is 0 Å². The molecule has 0 amide bonds. The summed E-state index contributed by atoms with van der Waals surface area (Å²) in [4.78, 5) is 4.95. The Balaban J connectivity index is 0. The van der Waals surface area contributed by atoms with E-state index in [1.165, 1.54) is 45.3 Å². The van der Waals surface area contributed by atoms with Crippen molar-refractivity contribution in [3.05, 3.63) is 0 Å². The summed E-state index contributed by atoms with van der Waals surface area (Å²) in [6.45, 7) is 14.3. The number of likely N-dealkylation sites (tertiary alicyclic amines) is 1. The van der Waals surface area contributed by atoms with Crippen LogP contribution in [0.2, 0.25) is 0 Å². The fraction of sp³-hybridized carbons (Fsp3) is 1.00. The summed E-state index contributed by atoms with van der Waals surface area (Å²) < 4.78 is 0. The van der Waals surface area contributed by atoms with Crippen LogP contribution in [-0.4, -0.2) is 49.6 Å². The van der Waals surface area contributed by atoms with Crippen molar-refractivity contribution < 1.29 is 0 Å². The summed E-state index contributed by atoms with van der Waals surface area (Å²) in [5, 5.41) is 0. The molecule has 0 bridgehead atoms. The van der Waals surface area contributed by atoms with Gasteiger partial charge < -0.3 is 9.80 Å². The van der Waals surface area contributed by atoms with Crippen LogP contribution in [0.4, 0.5) is 0 Å². The van der Waals surface area contributed by atoms with E-state index in [9.17, 15) is 0 Å². The lowest BCUT2D eigenvalue weighted by molar-refractivity contribution is 0.144. The minimum absolute atomic E-state index is 0.848. The Morgan fingerprint density at radius 1 is 1.06 bits per heavy atom. The summed E-state index contributed by atoms with van der Waals surface area (Å²) >= 11 is 0. The van der Waals surface area contributed by atoms with Crippen LogP contribution < -0.4 is 0 Å². The molecule has 106 valence electrons. The SMILES string of the molecule is CC.CCC.CCCN(C)C1CCN(C)CC1. The first-order chi connectivity index (χ1) is 8.15. The monoisotopic (exact) mass is 244 g/mol. The summed E-state index contributed by atoms with van der Waals surface area (Å²) in [6.07, 6.45) is 5.24. The van der Waals surface area contributed by atoms with E-state index < -0.39 is 0 Å². The standard InChI is InChI=1S/C10H22N2.C3H8.C2H6/c1-4-7-12(3)10-5-8-11(2)9-6-10;1-3-2;1-2/h10H,4-9H2,1-3H3;3H2,1-2H3;1-2H3. The fourth-order valence-corrected chi connectivity index (χ4v) is 1.97. The van der Waals surface area contributed by atoms with Crippen LogP contribution in [0.3, 0.4) is 0 Å². The van der Waals surface area contributed by atoms with Crippen LogP contribution in [0.1, 0.15) is 60.3 Å². The van der Waals surface area contributed by atoms with E-state index in [0.717, 1.165) is 6.04 Å². The Hall–Kier alpha value is -0.0800. The zero-order chi connectivity index (χ0) is 13.7. The van der Waals surface area contributed by atoms with Gasteiger partial charge in [0, 0.05) is 6.04 Å². The zero-order valence-corrected chi connectivity index (χ0v) is 13.4. The van der Waals surface area contributed by atoms with Crippen LogP contribution >= 0.6 is 0 Å². The molecule has 1 fully saturated rings. The molecule has 0 aromatic rings. The lowest BCUT2D eigenvalue weighted by atomic mass is 10.0. The van der Waals surface area contributed by atoms with Crippen molar-refractivity contribution in [3.63, 3.8) is 0 Å². The van der Waals surface area contributed by atoms with Gasteiger partial charge in [0.2, 0.25) is 0 Å². The van der Waals surface area contributed by atoms with E-state index in [4.69, 9.17) is 0 Å². The Kier molecular flexibility index (Phi) is 15.8. The smallest absolute Gasteiger partial charge is 0.0117 e. The molecule has 1 aliphatic heterocycles. The van der Waals surface area contributed by atoms with E-state index in [1.54, 1.807) is 0 Å². The summed E-state index contributed by atoms with van der Waals surface area (Å²) in [6, 6.07) is 0.848. The largest absolute Gasteiger partial charge is 0.306 e. The Bertz CT molecular complexity index is 129. The van der Waals surface area contributed by atoms with Gasteiger partial charge in [0.1, 0.15) is 0 Å². The maximum absolute atomic E-state index is 2.52. The number of hydrogen-bond acceptors (Lipinski definition) is 2. The van der Waals surface area contributed by atoms with Crippen LogP contribution in [-0.2, 0) is 0 Å². The van der Waals surface area contributed by atoms with E-state index in [1.807, 2.05) is 13.8 Å². The average molecular weight is 244 g/mol. The lowest BCUT2D eigenvalue weighted by Gasteiger charge is -2.34. The van der Waals surface area contributed by atoms with E-state index in [0.29, 0.717) is 0 Å². The molecule has 1 heterocycles. The number of rotatable bonds is 3. The van der Waals surface area contributed by atoms with Crippen LogP contribution in [0, 0.1) is 0 Å². The third-order valence-electron chi connectivity index (χ3n) is 2.89. The zero-order valence-electron chi connectivity index (χ0n) is 13.4. The molecule has 0 N–H and O–H groups in total. The maximum Gasteiger partial charge on any atom is 0.0117 e. The second-order valence-corrected chi connectivity index (χ2v) is 4.72. The van der Waals surface area contributed by atoms with Crippen molar-refractivity contribution >= 4 is 0 Å². The molecule has 0 aliphatic carbocycles. The molecule has 0 saturated carbocycles. The molecular weight excluding hydrogens is 208 g/mol. The van der Waals surface area contributed by atoms with Gasteiger partial charge in [0.15, 0.2) is 0 Å².